The average molecular weight is 312 g/mol. The second kappa shape index (κ2) is 5.42. The first-order valence-corrected chi connectivity index (χ1v) is 6.70. The molecule has 88 valence electrons. The molecule has 0 N–H and O–H groups in total. The van der Waals surface area contributed by atoms with Crippen molar-refractivity contribution >= 4 is 33.2 Å². The highest BCUT2D eigenvalue weighted by Gasteiger charge is 2.12. The molecule has 0 fully saturated rings. The topological polar surface area (TPSA) is 39.2 Å². The number of nitrogens with zero attached hydrogens (tertiary/aromatic N) is 1. The Morgan fingerprint density at radius 1 is 1.41 bits per heavy atom. The van der Waals surface area contributed by atoms with Crippen molar-refractivity contribution in [2.75, 3.05) is 6.61 Å². The molecule has 0 aliphatic heterocycles. The molecule has 2 rings (SSSR count). The van der Waals surface area contributed by atoms with E-state index < -0.39 is 0 Å². The second-order valence-electron chi connectivity index (χ2n) is 3.26. The molecule has 0 amide bonds. The van der Waals surface area contributed by atoms with Crippen LogP contribution in [-0.2, 0) is 4.74 Å². The van der Waals surface area contributed by atoms with Crippen LogP contribution in [0.15, 0.2) is 34.9 Å². The number of benzene rings is 1. The van der Waals surface area contributed by atoms with Crippen LogP contribution in [0.3, 0.4) is 0 Å². The summed E-state index contributed by atoms with van der Waals surface area (Å²) in [6, 6.07) is 7.80. The van der Waals surface area contributed by atoms with Crippen LogP contribution in [0.5, 0.6) is 0 Å². The molecule has 0 aliphatic rings. The smallest absolute Gasteiger partial charge is 0.349 e. The van der Waals surface area contributed by atoms with Gasteiger partial charge in [-0.05, 0) is 19.1 Å². The van der Waals surface area contributed by atoms with Crippen LogP contribution in [-0.4, -0.2) is 17.6 Å². The number of thiazole rings is 1. The molecule has 1 aromatic carbocycles. The first-order valence-electron chi connectivity index (χ1n) is 5.09. The van der Waals surface area contributed by atoms with E-state index in [4.69, 9.17) is 4.74 Å². The van der Waals surface area contributed by atoms with Crippen LogP contribution in [0.2, 0.25) is 0 Å². The Kier molecular flexibility index (Phi) is 3.91. The predicted octanol–water partition coefficient (Wildman–Crippen LogP) is 3.75. The monoisotopic (exact) mass is 311 g/mol. The summed E-state index contributed by atoms with van der Waals surface area (Å²) in [6.07, 6.45) is 1.56. The van der Waals surface area contributed by atoms with E-state index in [0.29, 0.717) is 11.5 Å². The van der Waals surface area contributed by atoms with Gasteiger partial charge in [-0.15, -0.1) is 11.3 Å². The molecule has 0 radical (unpaired) electrons. The number of carbonyl (C=O) groups is 1. The number of hydrogen-bond acceptors (Lipinski definition) is 4. The van der Waals surface area contributed by atoms with Crippen LogP contribution >= 0.6 is 27.3 Å². The van der Waals surface area contributed by atoms with Gasteiger partial charge in [-0.1, -0.05) is 28.1 Å². The molecule has 17 heavy (non-hydrogen) atoms. The van der Waals surface area contributed by atoms with Crippen LogP contribution in [0.4, 0.5) is 0 Å². The van der Waals surface area contributed by atoms with Gasteiger partial charge in [0.15, 0.2) is 0 Å². The molecule has 0 bridgehead atoms. The van der Waals surface area contributed by atoms with E-state index in [0.717, 1.165) is 15.0 Å². The van der Waals surface area contributed by atoms with Gasteiger partial charge in [0, 0.05) is 10.0 Å². The third kappa shape index (κ3) is 2.92. The zero-order chi connectivity index (χ0) is 12.3. The van der Waals surface area contributed by atoms with Crippen molar-refractivity contribution in [3.63, 3.8) is 0 Å². The summed E-state index contributed by atoms with van der Waals surface area (Å²) in [4.78, 5) is 16.2. The van der Waals surface area contributed by atoms with Crippen LogP contribution in [0.1, 0.15) is 16.6 Å². The first-order chi connectivity index (χ1) is 8.20. The number of esters is 1. The van der Waals surface area contributed by atoms with E-state index in [1.54, 1.807) is 13.1 Å². The zero-order valence-corrected chi connectivity index (χ0v) is 11.5. The van der Waals surface area contributed by atoms with Crippen LogP contribution in [0, 0.1) is 0 Å². The lowest BCUT2D eigenvalue weighted by Gasteiger charge is -1.97. The highest BCUT2D eigenvalue weighted by Crippen LogP contribution is 2.26. The van der Waals surface area contributed by atoms with Gasteiger partial charge in [0.25, 0.3) is 0 Å². The van der Waals surface area contributed by atoms with Crippen molar-refractivity contribution in [3.8, 4) is 10.6 Å². The summed E-state index contributed by atoms with van der Waals surface area (Å²) >= 11 is 4.71. The third-order valence-corrected chi connectivity index (χ3v) is 3.63. The first kappa shape index (κ1) is 12.3. The number of rotatable bonds is 3. The minimum Gasteiger partial charge on any atom is -0.462 e. The zero-order valence-electron chi connectivity index (χ0n) is 9.14. The lowest BCUT2D eigenvalue weighted by Crippen LogP contribution is -2.01. The molecule has 0 saturated heterocycles. The summed E-state index contributed by atoms with van der Waals surface area (Å²) in [5.41, 5.74) is 0.994. The number of aromatic nitrogens is 1. The highest BCUT2D eigenvalue weighted by atomic mass is 79.9. The maximum Gasteiger partial charge on any atom is 0.349 e. The van der Waals surface area contributed by atoms with Crippen molar-refractivity contribution in [1.29, 1.82) is 0 Å². The Bertz CT molecular complexity index is 522. The van der Waals surface area contributed by atoms with Gasteiger partial charge in [0.1, 0.15) is 9.88 Å². The van der Waals surface area contributed by atoms with E-state index in [1.807, 2.05) is 24.3 Å². The standard InChI is InChI=1S/C12H10BrNO2S/c1-2-16-12(15)10-7-14-11(17-10)8-3-5-9(13)6-4-8/h3-7H,2H2,1H3. The fourth-order valence-electron chi connectivity index (χ4n) is 1.30. The third-order valence-electron chi connectivity index (χ3n) is 2.07. The minimum atomic E-state index is -0.312. The summed E-state index contributed by atoms with van der Waals surface area (Å²) in [6.45, 7) is 2.17. The van der Waals surface area contributed by atoms with E-state index in [2.05, 4.69) is 20.9 Å². The Labute approximate surface area is 112 Å². The highest BCUT2D eigenvalue weighted by molar-refractivity contribution is 9.10. The Morgan fingerprint density at radius 3 is 2.76 bits per heavy atom. The number of hydrogen-bond donors (Lipinski definition) is 0. The Hall–Kier alpha value is -1.20. The van der Waals surface area contributed by atoms with Gasteiger partial charge in [-0.25, -0.2) is 9.78 Å². The van der Waals surface area contributed by atoms with Crippen molar-refractivity contribution in [3.05, 3.63) is 39.8 Å². The van der Waals surface area contributed by atoms with E-state index in [9.17, 15) is 4.79 Å². The van der Waals surface area contributed by atoms with Crippen LogP contribution < -0.4 is 0 Å². The Morgan fingerprint density at radius 2 is 2.12 bits per heavy atom. The normalized spacial score (nSPS) is 10.2. The fraction of sp³-hybridized carbons (Fsp3) is 0.167. The predicted molar refractivity (Wildman–Crippen MR) is 71.2 cm³/mol. The number of ether oxygens (including phenoxy) is 1. The molecule has 5 heteroatoms. The molecule has 0 unspecified atom stereocenters. The maximum absolute atomic E-state index is 11.5. The summed E-state index contributed by atoms with van der Waals surface area (Å²) in [7, 11) is 0. The summed E-state index contributed by atoms with van der Waals surface area (Å²) in [5.74, 6) is -0.312. The molecule has 2 aromatic rings. The molecular formula is C12H10BrNO2S. The van der Waals surface area contributed by atoms with E-state index in [-0.39, 0.29) is 5.97 Å². The molecule has 0 saturated carbocycles. The molecule has 1 heterocycles. The molecule has 3 nitrogen and oxygen atoms in total. The fourth-order valence-corrected chi connectivity index (χ4v) is 2.38. The largest absolute Gasteiger partial charge is 0.462 e. The average Bonchev–Trinajstić information content (AvgIpc) is 2.80. The second-order valence-corrected chi connectivity index (χ2v) is 5.20. The van der Waals surface area contributed by atoms with Crippen molar-refractivity contribution < 1.29 is 9.53 Å². The molecular weight excluding hydrogens is 302 g/mol. The number of carbonyl (C=O) groups excluding carboxylic acids is 1. The quantitative estimate of drug-likeness (QED) is 0.810. The maximum atomic E-state index is 11.5. The van der Waals surface area contributed by atoms with Gasteiger partial charge in [0.05, 0.1) is 12.8 Å². The van der Waals surface area contributed by atoms with E-state index in [1.165, 1.54) is 11.3 Å². The minimum absolute atomic E-state index is 0.312. The SMILES string of the molecule is CCOC(=O)c1cnc(-c2ccc(Br)cc2)s1. The van der Waals surface area contributed by atoms with Gasteiger partial charge in [-0.2, -0.15) is 0 Å². The lowest BCUT2D eigenvalue weighted by molar-refractivity contribution is 0.0532. The van der Waals surface area contributed by atoms with Gasteiger partial charge >= 0.3 is 5.97 Å². The molecule has 1 aromatic heterocycles. The number of halogens is 1. The van der Waals surface area contributed by atoms with Crippen LogP contribution in [0.25, 0.3) is 10.6 Å². The molecule has 0 atom stereocenters. The van der Waals surface area contributed by atoms with Gasteiger partial charge in [-0.3, -0.25) is 0 Å². The van der Waals surface area contributed by atoms with Crippen molar-refractivity contribution in [2.24, 2.45) is 0 Å². The van der Waals surface area contributed by atoms with Gasteiger partial charge in [0.2, 0.25) is 0 Å². The molecule has 0 aliphatic carbocycles. The Balaban J connectivity index is 2.23. The van der Waals surface area contributed by atoms with Crippen molar-refractivity contribution in [1.82, 2.24) is 4.98 Å². The molecule has 0 spiro atoms. The van der Waals surface area contributed by atoms with Crippen molar-refractivity contribution in [2.45, 2.75) is 6.92 Å². The summed E-state index contributed by atoms with van der Waals surface area (Å²) in [5, 5.41) is 0.820. The lowest BCUT2D eigenvalue weighted by atomic mass is 10.2. The summed E-state index contributed by atoms with van der Waals surface area (Å²) < 4.78 is 5.94. The van der Waals surface area contributed by atoms with Gasteiger partial charge < -0.3 is 4.74 Å². The van der Waals surface area contributed by atoms with E-state index >= 15 is 0 Å².